The van der Waals surface area contributed by atoms with Crippen molar-refractivity contribution in [3.63, 3.8) is 0 Å². The van der Waals surface area contributed by atoms with E-state index in [9.17, 15) is 0 Å². The van der Waals surface area contributed by atoms with E-state index in [4.69, 9.17) is 0 Å². The van der Waals surface area contributed by atoms with E-state index in [1.165, 1.54) is 16.7 Å². The molecule has 1 heterocycles. The highest BCUT2D eigenvalue weighted by Gasteiger charge is 2.14. The third-order valence-electron chi connectivity index (χ3n) is 3.48. The van der Waals surface area contributed by atoms with Gasteiger partial charge in [-0.05, 0) is 54.3 Å². The monoisotopic (exact) mass is 332 g/mol. The predicted octanol–water partition coefficient (Wildman–Crippen LogP) is 4.30. The number of rotatable bonds is 6. The molecule has 0 bridgehead atoms. The van der Waals surface area contributed by atoms with Gasteiger partial charge in [-0.2, -0.15) is 0 Å². The summed E-state index contributed by atoms with van der Waals surface area (Å²) in [5.74, 6) is 0. The van der Waals surface area contributed by atoms with Crippen LogP contribution in [-0.4, -0.2) is 11.5 Å². The highest BCUT2D eigenvalue weighted by atomic mass is 79.9. The Hall–Kier alpha value is -1.19. The molecule has 106 valence electrons. The van der Waals surface area contributed by atoms with Crippen LogP contribution in [0.5, 0.6) is 0 Å². The summed E-state index contributed by atoms with van der Waals surface area (Å²) in [4.78, 5) is 4.24. The van der Waals surface area contributed by atoms with Crippen molar-refractivity contribution in [3.05, 3.63) is 63.9 Å². The van der Waals surface area contributed by atoms with E-state index in [-0.39, 0.29) is 0 Å². The van der Waals surface area contributed by atoms with Gasteiger partial charge in [-0.1, -0.05) is 41.9 Å². The number of hydrogen-bond acceptors (Lipinski definition) is 2. The molecule has 1 aromatic carbocycles. The first kappa shape index (κ1) is 15.2. The number of pyridine rings is 1. The van der Waals surface area contributed by atoms with Crippen molar-refractivity contribution < 1.29 is 0 Å². The van der Waals surface area contributed by atoms with Gasteiger partial charge in [-0.25, -0.2) is 0 Å². The Balaban J connectivity index is 2.26. The van der Waals surface area contributed by atoms with Crippen LogP contribution >= 0.6 is 15.9 Å². The minimum absolute atomic E-state index is 0.340. The second kappa shape index (κ2) is 7.55. The summed E-state index contributed by atoms with van der Waals surface area (Å²) in [6.07, 6.45) is 5.88. The number of halogens is 1. The standard InChI is InChI=1S/C17H21BrN2/c1-3-14-12-19-9-8-16(14)17(20-4-2)11-13-6-5-7-15(18)10-13/h5-10,12,17,20H,3-4,11H2,1-2H3. The molecule has 0 aliphatic heterocycles. The summed E-state index contributed by atoms with van der Waals surface area (Å²) in [6.45, 7) is 5.30. The quantitative estimate of drug-likeness (QED) is 0.853. The average molecular weight is 333 g/mol. The maximum absolute atomic E-state index is 4.24. The fraction of sp³-hybridized carbons (Fsp3) is 0.353. The van der Waals surface area contributed by atoms with Crippen LogP contribution in [0, 0.1) is 0 Å². The van der Waals surface area contributed by atoms with E-state index < -0.39 is 0 Å². The summed E-state index contributed by atoms with van der Waals surface area (Å²) >= 11 is 3.55. The molecule has 2 aromatic rings. The molecule has 2 rings (SSSR count). The summed E-state index contributed by atoms with van der Waals surface area (Å²) in [5, 5.41) is 3.60. The second-order valence-corrected chi connectivity index (χ2v) is 5.79. The number of benzene rings is 1. The zero-order chi connectivity index (χ0) is 14.4. The predicted molar refractivity (Wildman–Crippen MR) is 87.9 cm³/mol. The number of nitrogens with zero attached hydrogens (tertiary/aromatic N) is 1. The molecule has 0 amide bonds. The zero-order valence-corrected chi connectivity index (χ0v) is 13.7. The molecule has 0 aliphatic rings. The van der Waals surface area contributed by atoms with Gasteiger partial charge in [0.05, 0.1) is 0 Å². The van der Waals surface area contributed by atoms with Gasteiger partial charge in [0, 0.05) is 22.9 Å². The normalized spacial score (nSPS) is 12.3. The van der Waals surface area contributed by atoms with Crippen LogP contribution in [0.4, 0.5) is 0 Å². The average Bonchev–Trinajstić information content (AvgIpc) is 2.47. The molecule has 3 heteroatoms. The minimum Gasteiger partial charge on any atom is -0.310 e. The van der Waals surface area contributed by atoms with E-state index in [1.807, 2.05) is 12.4 Å². The Morgan fingerprint density at radius 3 is 2.80 bits per heavy atom. The molecule has 0 spiro atoms. The van der Waals surface area contributed by atoms with Crippen molar-refractivity contribution >= 4 is 15.9 Å². The lowest BCUT2D eigenvalue weighted by Gasteiger charge is -2.21. The third-order valence-corrected chi connectivity index (χ3v) is 3.97. The van der Waals surface area contributed by atoms with Gasteiger partial charge in [-0.3, -0.25) is 4.98 Å². The Morgan fingerprint density at radius 1 is 1.25 bits per heavy atom. The Morgan fingerprint density at radius 2 is 2.10 bits per heavy atom. The molecule has 1 atom stereocenters. The van der Waals surface area contributed by atoms with Crippen molar-refractivity contribution in [3.8, 4) is 0 Å². The van der Waals surface area contributed by atoms with E-state index in [2.05, 4.69) is 70.4 Å². The van der Waals surface area contributed by atoms with Crippen LogP contribution < -0.4 is 5.32 Å². The van der Waals surface area contributed by atoms with Crippen molar-refractivity contribution in [1.82, 2.24) is 10.3 Å². The number of nitrogens with one attached hydrogen (secondary N) is 1. The first-order valence-electron chi connectivity index (χ1n) is 7.15. The SMILES string of the molecule is CCNC(Cc1cccc(Br)c1)c1ccncc1CC. The van der Waals surface area contributed by atoms with Gasteiger partial charge in [0.15, 0.2) is 0 Å². The molecule has 1 unspecified atom stereocenters. The summed E-state index contributed by atoms with van der Waals surface area (Å²) in [5.41, 5.74) is 4.03. The molecule has 0 saturated carbocycles. The Kier molecular flexibility index (Phi) is 5.74. The van der Waals surface area contributed by atoms with Gasteiger partial charge in [0.25, 0.3) is 0 Å². The molecule has 20 heavy (non-hydrogen) atoms. The first-order valence-corrected chi connectivity index (χ1v) is 7.94. The van der Waals surface area contributed by atoms with E-state index in [0.717, 1.165) is 23.9 Å². The van der Waals surface area contributed by atoms with Crippen molar-refractivity contribution in [2.24, 2.45) is 0 Å². The number of aromatic nitrogens is 1. The summed E-state index contributed by atoms with van der Waals surface area (Å²) in [7, 11) is 0. The van der Waals surface area contributed by atoms with Gasteiger partial charge >= 0.3 is 0 Å². The van der Waals surface area contributed by atoms with E-state index >= 15 is 0 Å². The second-order valence-electron chi connectivity index (χ2n) is 4.87. The number of aryl methyl sites for hydroxylation is 1. The number of likely N-dealkylation sites (N-methyl/N-ethyl adjacent to an activating group) is 1. The molecular weight excluding hydrogens is 312 g/mol. The first-order chi connectivity index (χ1) is 9.74. The third kappa shape index (κ3) is 3.90. The molecule has 1 aromatic heterocycles. The fourth-order valence-electron chi connectivity index (χ4n) is 2.51. The van der Waals surface area contributed by atoms with Crippen LogP contribution in [0.2, 0.25) is 0 Å². The lowest BCUT2D eigenvalue weighted by atomic mass is 9.95. The van der Waals surface area contributed by atoms with E-state index in [1.54, 1.807) is 0 Å². The molecule has 1 N–H and O–H groups in total. The Labute approximate surface area is 129 Å². The Bertz CT molecular complexity index is 554. The highest BCUT2D eigenvalue weighted by Crippen LogP contribution is 2.23. The molecular formula is C17H21BrN2. The van der Waals surface area contributed by atoms with Gasteiger partial charge < -0.3 is 5.32 Å². The maximum atomic E-state index is 4.24. The number of hydrogen-bond donors (Lipinski definition) is 1. The molecule has 0 radical (unpaired) electrons. The molecule has 0 fully saturated rings. The largest absolute Gasteiger partial charge is 0.310 e. The van der Waals surface area contributed by atoms with E-state index in [0.29, 0.717) is 6.04 Å². The summed E-state index contributed by atoms with van der Waals surface area (Å²) < 4.78 is 1.13. The van der Waals surface area contributed by atoms with Crippen molar-refractivity contribution in [2.45, 2.75) is 32.7 Å². The topological polar surface area (TPSA) is 24.9 Å². The van der Waals surface area contributed by atoms with Crippen molar-refractivity contribution in [1.29, 1.82) is 0 Å². The minimum atomic E-state index is 0.340. The van der Waals surface area contributed by atoms with Gasteiger partial charge in [-0.15, -0.1) is 0 Å². The van der Waals surface area contributed by atoms with Crippen LogP contribution in [0.3, 0.4) is 0 Å². The van der Waals surface area contributed by atoms with Crippen LogP contribution in [-0.2, 0) is 12.8 Å². The lowest BCUT2D eigenvalue weighted by molar-refractivity contribution is 0.545. The smallest absolute Gasteiger partial charge is 0.0364 e. The lowest BCUT2D eigenvalue weighted by Crippen LogP contribution is -2.24. The molecule has 0 aliphatic carbocycles. The fourth-order valence-corrected chi connectivity index (χ4v) is 2.96. The van der Waals surface area contributed by atoms with Gasteiger partial charge in [0.1, 0.15) is 0 Å². The van der Waals surface area contributed by atoms with Gasteiger partial charge in [0.2, 0.25) is 0 Å². The zero-order valence-electron chi connectivity index (χ0n) is 12.1. The van der Waals surface area contributed by atoms with Crippen LogP contribution in [0.1, 0.15) is 36.6 Å². The maximum Gasteiger partial charge on any atom is 0.0364 e. The molecule has 0 saturated heterocycles. The summed E-state index contributed by atoms with van der Waals surface area (Å²) in [6, 6.07) is 11.0. The van der Waals surface area contributed by atoms with Crippen molar-refractivity contribution in [2.75, 3.05) is 6.54 Å². The molecule has 2 nitrogen and oxygen atoms in total. The highest BCUT2D eigenvalue weighted by molar-refractivity contribution is 9.10. The van der Waals surface area contributed by atoms with Crippen LogP contribution in [0.15, 0.2) is 47.2 Å². The van der Waals surface area contributed by atoms with Crippen LogP contribution in [0.25, 0.3) is 0 Å².